The van der Waals surface area contributed by atoms with Gasteiger partial charge in [0.15, 0.2) is 5.13 Å². The first kappa shape index (κ1) is 18.8. The molecule has 0 atom stereocenters. The second kappa shape index (κ2) is 7.55. The lowest BCUT2D eigenvalue weighted by Crippen LogP contribution is -2.24. The molecule has 0 spiro atoms. The maximum atomic E-state index is 13.2. The van der Waals surface area contributed by atoms with Crippen molar-refractivity contribution in [2.75, 3.05) is 25.5 Å². The minimum Gasteiger partial charge on any atom is -0.497 e. The topological polar surface area (TPSA) is 85.2 Å². The van der Waals surface area contributed by atoms with E-state index in [1.54, 1.807) is 7.11 Å². The van der Waals surface area contributed by atoms with Crippen molar-refractivity contribution in [3.63, 3.8) is 0 Å². The van der Waals surface area contributed by atoms with Crippen LogP contribution in [-0.4, -0.2) is 41.4 Å². The van der Waals surface area contributed by atoms with E-state index in [-0.39, 0.29) is 0 Å². The zero-order valence-electron chi connectivity index (χ0n) is 16.4. The Morgan fingerprint density at radius 3 is 2.93 bits per heavy atom. The molecular weight excluding hydrogens is 400 g/mol. The van der Waals surface area contributed by atoms with Crippen molar-refractivity contribution in [1.29, 1.82) is 0 Å². The summed E-state index contributed by atoms with van der Waals surface area (Å²) in [5, 5.41) is 7.27. The number of methoxy groups -OCH3 is 1. The summed E-state index contributed by atoms with van der Waals surface area (Å²) in [6, 6.07) is 13.3. The van der Waals surface area contributed by atoms with E-state index in [4.69, 9.17) is 4.74 Å². The number of hydrogen-bond donors (Lipinski definition) is 2. The Labute approximate surface area is 176 Å². The molecule has 3 heterocycles. The number of Topliss-reactive ketones (excluding diaryl/α,β-unsaturated/α-hetero) is 1. The molecule has 0 saturated heterocycles. The Kier molecular flexibility index (Phi) is 4.72. The highest BCUT2D eigenvalue weighted by molar-refractivity contribution is 7.22. The van der Waals surface area contributed by atoms with Crippen LogP contribution in [0, 0.1) is 0 Å². The number of carbonyl (C=O) groups is 2. The molecule has 4 aromatic rings. The van der Waals surface area contributed by atoms with Gasteiger partial charge in [0.25, 0.3) is 11.7 Å². The van der Waals surface area contributed by atoms with Crippen molar-refractivity contribution < 1.29 is 14.3 Å². The summed E-state index contributed by atoms with van der Waals surface area (Å²) in [4.78, 5) is 30.5. The van der Waals surface area contributed by atoms with E-state index in [1.165, 1.54) is 11.3 Å². The smallest absolute Gasteiger partial charge is 0.298 e. The van der Waals surface area contributed by atoms with Gasteiger partial charge in [-0.05, 0) is 24.3 Å². The molecular formula is C22H20N4O3S. The number of ketones is 1. The molecule has 30 heavy (non-hydrogen) atoms. The number of thiazole rings is 1. The van der Waals surface area contributed by atoms with E-state index in [0.29, 0.717) is 17.1 Å². The Bertz CT molecular complexity index is 1290. The second-order valence-corrected chi connectivity index (χ2v) is 8.16. The average molecular weight is 420 g/mol. The van der Waals surface area contributed by atoms with E-state index in [2.05, 4.69) is 20.2 Å². The largest absolute Gasteiger partial charge is 0.497 e. The molecule has 0 aliphatic carbocycles. The lowest BCUT2D eigenvalue weighted by Gasteiger charge is -2.06. The summed E-state index contributed by atoms with van der Waals surface area (Å²) in [5.41, 5.74) is 3.14. The number of rotatable bonds is 4. The van der Waals surface area contributed by atoms with E-state index >= 15 is 0 Å². The van der Waals surface area contributed by atoms with Gasteiger partial charge in [-0.1, -0.05) is 29.5 Å². The van der Waals surface area contributed by atoms with Gasteiger partial charge >= 0.3 is 0 Å². The van der Waals surface area contributed by atoms with Gasteiger partial charge in [-0.2, -0.15) is 0 Å². The molecule has 7 nitrogen and oxygen atoms in total. The average Bonchev–Trinajstić information content (AvgIpc) is 3.20. The van der Waals surface area contributed by atoms with Crippen molar-refractivity contribution in [3.05, 3.63) is 53.7 Å². The molecule has 0 radical (unpaired) electrons. The number of nitrogens with zero attached hydrogens (tertiary/aromatic N) is 2. The fraction of sp³-hybridized carbons (Fsp3) is 0.227. The molecule has 8 heteroatoms. The summed E-state index contributed by atoms with van der Waals surface area (Å²) in [7, 11) is 1.60. The van der Waals surface area contributed by atoms with Crippen LogP contribution in [0.4, 0.5) is 5.13 Å². The number of ether oxygens (including phenoxy) is 1. The highest BCUT2D eigenvalue weighted by Crippen LogP contribution is 2.31. The Morgan fingerprint density at radius 1 is 1.20 bits per heavy atom. The quantitative estimate of drug-likeness (QED) is 0.391. The van der Waals surface area contributed by atoms with Gasteiger partial charge in [-0.25, -0.2) is 4.98 Å². The number of benzene rings is 2. The number of amides is 1. The zero-order valence-corrected chi connectivity index (χ0v) is 17.2. The number of para-hydroxylation sites is 1. The number of carbonyl (C=O) groups excluding carboxylic acids is 2. The summed E-state index contributed by atoms with van der Waals surface area (Å²) < 4.78 is 8.27. The maximum Gasteiger partial charge on any atom is 0.298 e. The third-order valence-corrected chi connectivity index (χ3v) is 6.31. The summed E-state index contributed by atoms with van der Waals surface area (Å²) in [5.74, 6) is -0.479. The van der Waals surface area contributed by atoms with Gasteiger partial charge in [-0.3, -0.25) is 14.9 Å². The highest BCUT2D eigenvalue weighted by atomic mass is 32.1. The van der Waals surface area contributed by atoms with Crippen LogP contribution in [0.15, 0.2) is 42.5 Å². The van der Waals surface area contributed by atoms with Crippen LogP contribution in [-0.2, 0) is 17.8 Å². The first-order chi connectivity index (χ1) is 14.7. The molecule has 1 amide bonds. The monoisotopic (exact) mass is 420 g/mol. The van der Waals surface area contributed by atoms with Crippen LogP contribution in [0.25, 0.3) is 21.1 Å². The second-order valence-electron chi connectivity index (χ2n) is 7.13. The van der Waals surface area contributed by atoms with Gasteiger partial charge in [-0.15, -0.1) is 0 Å². The molecule has 2 aromatic carbocycles. The van der Waals surface area contributed by atoms with Gasteiger partial charge in [0.2, 0.25) is 0 Å². The molecule has 0 unspecified atom stereocenters. The van der Waals surface area contributed by atoms with Crippen molar-refractivity contribution in [3.8, 4) is 5.75 Å². The fourth-order valence-corrected chi connectivity index (χ4v) is 4.89. The first-order valence-electron chi connectivity index (χ1n) is 9.77. The molecule has 1 aliphatic heterocycles. The molecule has 5 rings (SSSR count). The van der Waals surface area contributed by atoms with Crippen molar-refractivity contribution in [2.24, 2.45) is 0 Å². The number of hydrogen-bond acceptors (Lipinski definition) is 6. The minimum absolute atomic E-state index is 0.396. The van der Waals surface area contributed by atoms with Crippen molar-refractivity contribution in [1.82, 2.24) is 14.9 Å². The van der Waals surface area contributed by atoms with Crippen LogP contribution in [0.3, 0.4) is 0 Å². The van der Waals surface area contributed by atoms with Gasteiger partial charge in [0, 0.05) is 42.7 Å². The number of anilines is 1. The van der Waals surface area contributed by atoms with E-state index in [0.717, 1.165) is 52.2 Å². The summed E-state index contributed by atoms with van der Waals surface area (Å²) >= 11 is 1.32. The first-order valence-corrected chi connectivity index (χ1v) is 10.6. The van der Waals surface area contributed by atoms with Gasteiger partial charge in [0.05, 0.1) is 22.9 Å². The predicted molar refractivity (Wildman–Crippen MR) is 118 cm³/mol. The summed E-state index contributed by atoms with van der Waals surface area (Å²) in [6.45, 7) is 2.38. The van der Waals surface area contributed by atoms with Crippen molar-refractivity contribution in [2.45, 2.75) is 13.0 Å². The lowest BCUT2D eigenvalue weighted by molar-refractivity contribution is -0.112. The normalized spacial score (nSPS) is 13.8. The zero-order chi connectivity index (χ0) is 20.7. The summed E-state index contributed by atoms with van der Waals surface area (Å²) in [6.07, 6.45) is 0.698. The Balaban J connectivity index is 1.49. The maximum absolute atomic E-state index is 13.2. The molecule has 1 aliphatic rings. The van der Waals surface area contributed by atoms with Crippen LogP contribution in [0.5, 0.6) is 5.75 Å². The predicted octanol–water partition coefficient (Wildman–Crippen LogP) is 3.23. The molecule has 2 N–H and O–H groups in total. The van der Waals surface area contributed by atoms with Crippen LogP contribution < -0.4 is 15.4 Å². The van der Waals surface area contributed by atoms with Gasteiger partial charge in [0.1, 0.15) is 5.75 Å². The lowest BCUT2D eigenvalue weighted by atomic mass is 10.0. The molecule has 0 fully saturated rings. The Hall–Kier alpha value is -3.23. The van der Waals surface area contributed by atoms with E-state index in [1.807, 2.05) is 42.5 Å². The molecule has 0 bridgehead atoms. The van der Waals surface area contributed by atoms with Crippen LogP contribution in [0.2, 0.25) is 0 Å². The number of fused-ring (bicyclic) bond motifs is 4. The minimum atomic E-state index is -0.669. The molecule has 0 saturated carbocycles. The standard InChI is InChI=1S/C22H20N4O3S/c1-29-13-6-7-15-18(12-13)30-22(24-15)25-21(28)20(27)19-14-4-2-3-5-16(14)26-11-10-23-9-8-17(19)26/h2-7,12,23H,8-11H2,1H3,(H,24,25,28). The van der Waals surface area contributed by atoms with Gasteiger partial charge < -0.3 is 14.6 Å². The molecule has 152 valence electrons. The highest BCUT2D eigenvalue weighted by Gasteiger charge is 2.28. The number of nitrogens with one attached hydrogen (secondary N) is 2. The van der Waals surface area contributed by atoms with Crippen molar-refractivity contribution >= 4 is 49.3 Å². The van der Waals surface area contributed by atoms with Crippen LogP contribution in [0.1, 0.15) is 16.1 Å². The fourth-order valence-electron chi connectivity index (χ4n) is 4.00. The SMILES string of the molecule is COc1ccc2nc(NC(=O)C(=O)c3c4n(c5ccccc35)CCNCC4)sc2c1. The Morgan fingerprint density at radius 2 is 2.07 bits per heavy atom. The van der Waals surface area contributed by atoms with E-state index in [9.17, 15) is 9.59 Å². The molecule has 2 aromatic heterocycles. The van der Waals surface area contributed by atoms with E-state index < -0.39 is 11.7 Å². The number of aromatic nitrogens is 2. The third-order valence-electron chi connectivity index (χ3n) is 5.38. The van der Waals surface area contributed by atoms with Crippen LogP contribution >= 0.6 is 11.3 Å². The third kappa shape index (κ3) is 3.14.